The molecular formula is C17H32N2O. The number of amides is 2. The van der Waals surface area contributed by atoms with Gasteiger partial charge in [-0.25, -0.2) is 4.79 Å². The third-order valence-corrected chi connectivity index (χ3v) is 5.15. The van der Waals surface area contributed by atoms with Crippen LogP contribution in [0.1, 0.15) is 59.8 Å². The van der Waals surface area contributed by atoms with Crippen molar-refractivity contribution < 1.29 is 4.79 Å². The maximum absolute atomic E-state index is 12.7. The van der Waals surface area contributed by atoms with Crippen LogP contribution in [0.3, 0.4) is 0 Å². The van der Waals surface area contributed by atoms with Gasteiger partial charge < -0.3 is 9.80 Å². The maximum atomic E-state index is 12.7. The number of hydrogen-bond donors (Lipinski definition) is 0. The summed E-state index contributed by atoms with van der Waals surface area (Å²) in [5.41, 5.74) is 0.374. The highest BCUT2D eigenvalue weighted by molar-refractivity contribution is 5.74. The van der Waals surface area contributed by atoms with Gasteiger partial charge >= 0.3 is 6.03 Å². The van der Waals surface area contributed by atoms with E-state index in [1.165, 1.54) is 25.7 Å². The van der Waals surface area contributed by atoms with Crippen molar-refractivity contribution in [1.82, 2.24) is 9.80 Å². The Kier molecular flexibility index (Phi) is 4.98. The molecule has 2 atom stereocenters. The molecule has 0 bridgehead atoms. The van der Waals surface area contributed by atoms with E-state index in [2.05, 4.69) is 37.5 Å². The van der Waals surface area contributed by atoms with Crippen LogP contribution in [0.25, 0.3) is 0 Å². The summed E-state index contributed by atoms with van der Waals surface area (Å²) in [6.07, 6.45) is 6.04. The Hall–Kier alpha value is -0.730. The van der Waals surface area contributed by atoms with Crippen LogP contribution in [0.2, 0.25) is 0 Å². The maximum Gasteiger partial charge on any atom is 0.320 e. The van der Waals surface area contributed by atoms with Crippen molar-refractivity contribution in [2.45, 2.75) is 59.8 Å². The van der Waals surface area contributed by atoms with Crippen LogP contribution in [-0.2, 0) is 0 Å². The summed E-state index contributed by atoms with van der Waals surface area (Å²) in [5.74, 6) is 1.42. The van der Waals surface area contributed by atoms with E-state index in [9.17, 15) is 4.79 Å². The summed E-state index contributed by atoms with van der Waals surface area (Å²) in [4.78, 5) is 16.9. The summed E-state index contributed by atoms with van der Waals surface area (Å²) in [6.45, 7) is 13.1. The standard InChI is InChI=1S/C17H32N2O/c1-14-7-5-11-19(13-14)16(20)18-10-6-8-15(9-12-18)17(2,3)4/h14-15H,5-13H2,1-4H3. The first-order chi connectivity index (χ1) is 9.38. The van der Waals surface area contributed by atoms with E-state index in [-0.39, 0.29) is 0 Å². The zero-order valence-corrected chi connectivity index (χ0v) is 13.8. The van der Waals surface area contributed by atoms with Crippen LogP contribution in [0, 0.1) is 17.3 Å². The van der Waals surface area contributed by atoms with Crippen LogP contribution < -0.4 is 0 Å². The average Bonchev–Trinajstić information content (AvgIpc) is 2.63. The molecule has 2 aliphatic heterocycles. The molecule has 2 rings (SSSR count). The molecule has 2 aliphatic rings. The molecule has 3 heteroatoms. The molecular weight excluding hydrogens is 248 g/mol. The first kappa shape index (κ1) is 15.7. The van der Waals surface area contributed by atoms with Gasteiger partial charge in [0.2, 0.25) is 0 Å². The number of nitrogens with zero attached hydrogens (tertiary/aromatic N) is 2. The van der Waals surface area contributed by atoms with Crippen LogP contribution >= 0.6 is 0 Å². The molecule has 20 heavy (non-hydrogen) atoms. The molecule has 2 unspecified atom stereocenters. The summed E-state index contributed by atoms with van der Waals surface area (Å²) in [6, 6.07) is 0.297. The summed E-state index contributed by atoms with van der Waals surface area (Å²) >= 11 is 0. The molecule has 2 amide bonds. The zero-order chi connectivity index (χ0) is 14.8. The van der Waals surface area contributed by atoms with E-state index in [4.69, 9.17) is 0 Å². The van der Waals surface area contributed by atoms with E-state index in [1.54, 1.807) is 0 Å². The Morgan fingerprint density at radius 1 is 0.950 bits per heavy atom. The smallest absolute Gasteiger partial charge is 0.320 e. The summed E-state index contributed by atoms with van der Waals surface area (Å²) in [7, 11) is 0. The molecule has 2 fully saturated rings. The van der Waals surface area contributed by atoms with Gasteiger partial charge in [-0.2, -0.15) is 0 Å². The second-order valence-corrected chi connectivity index (χ2v) is 7.96. The highest BCUT2D eigenvalue weighted by Crippen LogP contribution is 2.34. The Morgan fingerprint density at radius 3 is 2.25 bits per heavy atom. The fourth-order valence-corrected chi connectivity index (χ4v) is 3.72. The van der Waals surface area contributed by atoms with Crippen molar-refractivity contribution >= 4 is 6.03 Å². The van der Waals surface area contributed by atoms with E-state index in [0.29, 0.717) is 17.4 Å². The fraction of sp³-hybridized carbons (Fsp3) is 0.941. The van der Waals surface area contributed by atoms with Gasteiger partial charge in [0.15, 0.2) is 0 Å². The number of rotatable bonds is 0. The van der Waals surface area contributed by atoms with Gasteiger partial charge in [-0.3, -0.25) is 0 Å². The quantitative estimate of drug-likeness (QED) is 0.658. The lowest BCUT2D eigenvalue weighted by atomic mass is 9.77. The lowest BCUT2D eigenvalue weighted by Gasteiger charge is -2.35. The third-order valence-electron chi connectivity index (χ3n) is 5.15. The molecule has 0 aromatic rings. The Labute approximate surface area is 124 Å². The number of carbonyl (C=O) groups excluding carboxylic acids is 1. The summed E-state index contributed by atoms with van der Waals surface area (Å²) in [5, 5.41) is 0. The molecule has 3 nitrogen and oxygen atoms in total. The number of urea groups is 1. The van der Waals surface area contributed by atoms with Gasteiger partial charge in [0.05, 0.1) is 0 Å². The first-order valence-corrected chi connectivity index (χ1v) is 8.42. The molecule has 116 valence electrons. The van der Waals surface area contributed by atoms with Gasteiger partial charge in [-0.15, -0.1) is 0 Å². The molecule has 0 aliphatic carbocycles. The Morgan fingerprint density at radius 2 is 1.60 bits per heavy atom. The van der Waals surface area contributed by atoms with Crippen LogP contribution in [-0.4, -0.2) is 42.0 Å². The molecule has 0 spiro atoms. The highest BCUT2D eigenvalue weighted by atomic mass is 16.2. The average molecular weight is 280 g/mol. The Bertz CT molecular complexity index is 334. The predicted octanol–water partition coefficient (Wildman–Crippen LogP) is 3.99. The minimum atomic E-state index is 0.297. The highest BCUT2D eigenvalue weighted by Gasteiger charge is 2.30. The lowest BCUT2D eigenvalue weighted by molar-refractivity contribution is 0.130. The van der Waals surface area contributed by atoms with Crippen LogP contribution in [0.15, 0.2) is 0 Å². The van der Waals surface area contributed by atoms with Gasteiger partial charge in [0.25, 0.3) is 0 Å². The molecule has 0 radical (unpaired) electrons. The van der Waals surface area contributed by atoms with Gasteiger partial charge in [0, 0.05) is 26.2 Å². The fourth-order valence-electron chi connectivity index (χ4n) is 3.72. The SMILES string of the molecule is CC1CCCN(C(=O)N2CCCC(C(C)(C)C)CC2)C1. The van der Waals surface area contributed by atoms with E-state index < -0.39 is 0 Å². The second kappa shape index (κ2) is 6.36. The Balaban J connectivity index is 1.91. The van der Waals surface area contributed by atoms with E-state index >= 15 is 0 Å². The molecule has 2 heterocycles. The third kappa shape index (κ3) is 3.89. The molecule has 0 aromatic heterocycles. The zero-order valence-electron chi connectivity index (χ0n) is 13.8. The molecule has 2 saturated heterocycles. The topological polar surface area (TPSA) is 23.6 Å². The second-order valence-electron chi connectivity index (χ2n) is 7.96. The lowest BCUT2D eigenvalue weighted by Crippen LogP contribution is -2.47. The van der Waals surface area contributed by atoms with Crippen molar-refractivity contribution in [1.29, 1.82) is 0 Å². The largest absolute Gasteiger partial charge is 0.325 e. The van der Waals surface area contributed by atoms with Crippen molar-refractivity contribution in [2.75, 3.05) is 26.2 Å². The first-order valence-electron chi connectivity index (χ1n) is 8.42. The predicted molar refractivity (Wildman–Crippen MR) is 83.7 cm³/mol. The normalized spacial score (nSPS) is 29.2. The van der Waals surface area contributed by atoms with Crippen LogP contribution in [0.5, 0.6) is 0 Å². The van der Waals surface area contributed by atoms with Gasteiger partial charge in [0.1, 0.15) is 0 Å². The minimum absolute atomic E-state index is 0.297. The molecule has 0 saturated carbocycles. The number of carbonyl (C=O) groups is 1. The van der Waals surface area contributed by atoms with Crippen molar-refractivity contribution in [3.63, 3.8) is 0 Å². The number of hydrogen-bond acceptors (Lipinski definition) is 1. The number of piperidine rings is 1. The monoisotopic (exact) mass is 280 g/mol. The number of likely N-dealkylation sites (tertiary alicyclic amines) is 2. The van der Waals surface area contributed by atoms with E-state index in [1.807, 2.05) is 0 Å². The van der Waals surface area contributed by atoms with E-state index in [0.717, 1.165) is 38.5 Å². The van der Waals surface area contributed by atoms with Crippen molar-refractivity contribution in [3.05, 3.63) is 0 Å². The summed E-state index contributed by atoms with van der Waals surface area (Å²) < 4.78 is 0. The molecule has 0 aromatic carbocycles. The minimum Gasteiger partial charge on any atom is -0.325 e. The van der Waals surface area contributed by atoms with Crippen molar-refractivity contribution in [2.24, 2.45) is 17.3 Å². The van der Waals surface area contributed by atoms with Crippen molar-refractivity contribution in [3.8, 4) is 0 Å². The van der Waals surface area contributed by atoms with Gasteiger partial charge in [-0.1, -0.05) is 27.7 Å². The van der Waals surface area contributed by atoms with Crippen LogP contribution in [0.4, 0.5) is 4.79 Å². The molecule has 0 N–H and O–H groups in total. The van der Waals surface area contributed by atoms with Gasteiger partial charge in [-0.05, 0) is 49.4 Å².